The second-order valence-corrected chi connectivity index (χ2v) is 4.11. The number of aromatic carboxylic acids is 1. The van der Waals surface area contributed by atoms with Gasteiger partial charge in [-0.25, -0.2) is 4.79 Å². The smallest absolute Gasteiger partial charge is 0.337 e. The minimum absolute atomic E-state index is 0.216. The number of rotatable bonds is 5. The molecule has 2 rings (SSSR count). The summed E-state index contributed by atoms with van der Waals surface area (Å²) < 4.78 is 5.48. The number of carboxylic acids is 1. The lowest BCUT2D eigenvalue weighted by atomic mass is 10.2. The number of carbonyl (C=O) groups is 1. The summed E-state index contributed by atoms with van der Waals surface area (Å²) in [6.07, 6.45) is 3.94. The summed E-state index contributed by atoms with van der Waals surface area (Å²) in [5.41, 5.74) is 1.06. The van der Waals surface area contributed by atoms with Gasteiger partial charge in [-0.1, -0.05) is 0 Å². The number of hydrogen-bond acceptors (Lipinski definition) is 4. The Morgan fingerprint density at radius 3 is 3.06 bits per heavy atom. The first-order valence-electron chi connectivity index (χ1n) is 5.76. The van der Waals surface area contributed by atoms with E-state index in [9.17, 15) is 4.79 Å². The van der Waals surface area contributed by atoms with Gasteiger partial charge < -0.3 is 15.2 Å². The third-order valence-electron chi connectivity index (χ3n) is 2.77. The predicted octanol–water partition coefficient (Wildman–Crippen LogP) is 1.05. The number of nitrogens with one attached hydrogen (secondary N) is 1. The van der Waals surface area contributed by atoms with Crippen LogP contribution < -0.4 is 5.32 Å². The summed E-state index contributed by atoms with van der Waals surface area (Å²) in [6.45, 7) is 2.32. The van der Waals surface area contributed by atoms with Crippen LogP contribution in [0.4, 0.5) is 0 Å². The number of aromatic nitrogens is 1. The molecule has 5 nitrogen and oxygen atoms in total. The van der Waals surface area contributed by atoms with Crippen molar-refractivity contribution in [3.8, 4) is 0 Å². The zero-order valence-electron chi connectivity index (χ0n) is 9.56. The maximum Gasteiger partial charge on any atom is 0.337 e. The molecule has 1 atom stereocenters. The van der Waals surface area contributed by atoms with Crippen molar-refractivity contribution in [3.63, 3.8) is 0 Å². The van der Waals surface area contributed by atoms with Crippen LogP contribution in [0.3, 0.4) is 0 Å². The van der Waals surface area contributed by atoms with Gasteiger partial charge in [0.15, 0.2) is 0 Å². The molecule has 0 radical (unpaired) electrons. The SMILES string of the molecule is O=C(O)c1ccc(CNCC2CCCO2)nc1. The van der Waals surface area contributed by atoms with E-state index < -0.39 is 5.97 Å². The van der Waals surface area contributed by atoms with E-state index >= 15 is 0 Å². The summed E-state index contributed by atoms with van der Waals surface area (Å²) >= 11 is 0. The number of pyridine rings is 1. The average molecular weight is 236 g/mol. The van der Waals surface area contributed by atoms with E-state index in [1.54, 1.807) is 12.1 Å². The fraction of sp³-hybridized carbons (Fsp3) is 0.500. The van der Waals surface area contributed by atoms with Crippen LogP contribution in [-0.4, -0.2) is 35.3 Å². The third-order valence-corrected chi connectivity index (χ3v) is 2.77. The molecule has 1 aliphatic rings. The Labute approximate surface area is 99.8 Å². The van der Waals surface area contributed by atoms with Crippen molar-refractivity contribution in [2.24, 2.45) is 0 Å². The highest BCUT2D eigenvalue weighted by molar-refractivity contribution is 5.87. The average Bonchev–Trinajstić information content (AvgIpc) is 2.83. The molecule has 0 saturated carbocycles. The monoisotopic (exact) mass is 236 g/mol. The Balaban J connectivity index is 1.76. The zero-order valence-corrected chi connectivity index (χ0v) is 9.56. The Morgan fingerprint density at radius 1 is 1.59 bits per heavy atom. The Kier molecular flexibility index (Phi) is 4.06. The largest absolute Gasteiger partial charge is 0.478 e. The van der Waals surface area contributed by atoms with Crippen LogP contribution in [0.5, 0.6) is 0 Å². The molecule has 1 aromatic heterocycles. The number of ether oxygens (including phenoxy) is 1. The van der Waals surface area contributed by atoms with Crippen LogP contribution in [0.1, 0.15) is 28.9 Å². The van der Waals surface area contributed by atoms with E-state index in [2.05, 4.69) is 10.3 Å². The summed E-state index contributed by atoms with van der Waals surface area (Å²) in [5, 5.41) is 12.0. The molecule has 17 heavy (non-hydrogen) atoms. The first-order chi connectivity index (χ1) is 8.25. The quantitative estimate of drug-likeness (QED) is 0.799. The minimum atomic E-state index is -0.948. The molecular formula is C12H16N2O3. The molecule has 5 heteroatoms. The summed E-state index contributed by atoms with van der Waals surface area (Å²) in [7, 11) is 0. The minimum Gasteiger partial charge on any atom is -0.478 e. The van der Waals surface area contributed by atoms with Gasteiger partial charge in [0.2, 0.25) is 0 Å². The molecule has 1 saturated heterocycles. The van der Waals surface area contributed by atoms with Gasteiger partial charge in [-0.05, 0) is 25.0 Å². The van der Waals surface area contributed by atoms with E-state index in [0.717, 1.165) is 31.7 Å². The van der Waals surface area contributed by atoms with Gasteiger partial charge in [-0.3, -0.25) is 4.98 Å². The van der Waals surface area contributed by atoms with Crippen molar-refractivity contribution in [3.05, 3.63) is 29.6 Å². The first-order valence-corrected chi connectivity index (χ1v) is 5.76. The van der Waals surface area contributed by atoms with Crippen molar-refractivity contribution in [1.82, 2.24) is 10.3 Å². The van der Waals surface area contributed by atoms with Gasteiger partial charge in [0, 0.05) is 25.9 Å². The number of carboxylic acid groups (broad SMARTS) is 1. The highest BCUT2D eigenvalue weighted by Gasteiger charge is 2.14. The number of nitrogens with zero attached hydrogens (tertiary/aromatic N) is 1. The van der Waals surface area contributed by atoms with Gasteiger partial charge in [-0.15, -0.1) is 0 Å². The molecule has 0 aliphatic carbocycles. The van der Waals surface area contributed by atoms with Crippen LogP contribution in [-0.2, 0) is 11.3 Å². The van der Waals surface area contributed by atoms with Gasteiger partial charge in [0.05, 0.1) is 17.4 Å². The molecule has 2 N–H and O–H groups in total. The molecule has 2 heterocycles. The highest BCUT2D eigenvalue weighted by Crippen LogP contribution is 2.10. The van der Waals surface area contributed by atoms with Crippen LogP contribution in [0.15, 0.2) is 18.3 Å². The first kappa shape index (κ1) is 12.0. The van der Waals surface area contributed by atoms with E-state index in [0.29, 0.717) is 12.6 Å². The van der Waals surface area contributed by atoms with Crippen LogP contribution in [0.2, 0.25) is 0 Å². The molecule has 0 spiro atoms. The Bertz CT molecular complexity index is 372. The fourth-order valence-corrected chi connectivity index (χ4v) is 1.82. The maximum absolute atomic E-state index is 10.6. The Hall–Kier alpha value is -1.46. The van der Waals surface area contributed by atoms with Crippen molar-refractivity contribution >= 4 is 5.97 Å². The fourth-order valence-electron chi connectivity index (χ4n) is 1.82. The number of hydrogen-bond donors (Lipinski definition) is 2. The molecule has 1 aromatic rings. The summed E-state index contributed by atoms with van der Waals surface area (Å²) in [4.78, 5) is 14.7. The van der Waals surface area contributed by atoms with Crippen LogP contribution in [0, 0.1) is 0 Å². The van der Waals surface area contributed by atoms with E-state index in [1.807, 2.05) is 0 Å². The van der Waals surface area contributed by atoms with Crippen molar-refractivity contribution in [2.75, 3.05) is 13.2 Å². The normalized spacial score (nSPS) is 19.4. The second kappa shape index (κ2) is 5.75. The molecule has 0 bridgehead atoms. The topological polar surface area (TPSA) is 71.5 Å². The lowest BCUT2D eigenvalue weighted by molar-refractivity contribution is 0.0696. The third kappa shape index (κ3) is 3.51. The molecular weight excluding hydrogens is 220 g/mol. The summed E-state index contributed by atoms with van der Waals surface area (Å²) in [6, 6.07) is 3.30. The lowest BCUT2D eigenvalue weighted by Crippen LogP contribution is -2.26. The van der Waals surface area contributed by atoms with Crippen LogP contribution >= 0.6 is 0 Å². The van der Waals surface area contributed by atoms with Crippen LogP contribution in [0.25, 0.3) is 0 Å². The van der Waals surface area contributed by atoms with E-state index in [-0.39, 0.29) is 5.56 Å². The van der Waals surface area contributed by atoms with Gasteiger partial charge in [0.25, 0.3) is 0 Å². The highest BCUT2D eigenvalue weighted by atomic mass is 16.5. The Morgan fingerprint density at radius 2 is 2.47 bits per heavy atom. The summed E-state index contributed by atoms with van der Waals surface area (Å²) in [5.74, 6) is -0.948. The van der Waals surface area contributed by atoms with E-state index in [1.165, 1.54) is 6.20 Å². The van der Waals surface area contributed by atoms with Gasteiger partial charge in [0.1, 0.15) is 0 Å². The maximum atomic E-state index is 10.6. The standard InChI is InChI=1S/C12H16N2O3/c15-12(16)9-3-4-10(14-6-9)7-13-8-11-2-1-5-17-11/h3-4,6,11,13H,1-2,5,7-8H2,(H,15,16). The molecule has 1 aliphatic heterocycles. The molecule has 92 valence electrons. The van der Waals surface area contributed by atoms with E-state index in [4.69, 9.17) is 9.84 Å². The van der Waals surface area contributed by atoms with Gasteiger partial charge >= 0.3 is 5.97 Å². The van der Waals surface area contributed by atoms with Crippen molar-refractivity contribution in [1.29, 1.82) is 0 Å². The second-order valence-electron chi connectivity index (χ2n) is 4.11. The van der Waals surface area contributed by atoms with Crippen molar-refractivity contribution in [2.45, 2.75) is 25.5 Å². The molecule has 1 fully saturated rings. The molecule has 1 unspecified atom stereocenters. The zero-order chi connectivity index (χ0) is 12.1. The predicted molar refractivity (Wildman–Crippen MR) is 61.9 cm³/mol. The molecule has 0 amide bonds. The van der Waals surface area contributed by atoms with Gasteiger partial charge in [-0.2, -0.15) is 0 Å². The lowest BCUT2D eigenvalue weighted by Gasteiger charge is -2.10. The molecule has 0 aromatic carbocycles. The van der Waals surface area contributed by atoms with Crippen molar-refractivity contribution < 1.29 is 14.6 Å².